The Hall–Kier alpha value is -3.00. The zero-order valence-electron chi connectivity index (χ0n) is 17.5. The Balaban J connectivity index is 1.49. The highest BCUT2D eigenvalue weighted by Gasteiger charge is 2.57. The first-order chi connectivity index (χ1) is 14.6. The van der Waals surface area contributed by atoms with Crippen LogP contribution >= 0.6 is 0 Å². The number of rotatable bonds is 2. The lowest BCUT2D eigenvalue weighted by Gasteiger charge is -2.58. The van der Waals surface area contributed by atoms with E-state index in [4.69, 9.17) is 0 Å². The van der Waals surface area contributed by atoms with Gasteiger partial charge in [-0.15, -0.1) is 0 Å². The zero-order chi connectivity index (χ0) is 20.3. The fraction of sp³-hybridized carbons (Fsp3) is 0.286. The highest BCUT2D eigenvalue weighted by atomic mass is 14.8. The van der Waals surface area contributed by atoms with E-state index in [0.29, 0.717) is 11.8 Å². The fourth-order valence-corrected chi connectivity index (χ4v) is 6.16. The van der Waals surface area contributed by atoms with Crippen LogP contribution in [0.25, 0.3) is 10.6 Å². The van der Waals surface area contributed by atoms with Crippen LogP contribution in [0.15, 0.2) is 119 Å². The third-order valence-electron chi connectivity index (χ3n) is 8.16. The smallest absolute Gasteiger partial charge is 0.0268 e. The molecule has 6 rings (SSSR count). The van der Waals surface area contributed by atoms with Gasteiger partial charge in [-0.25, -0.2) is 0 Å². The highest BCUT2D eigenvalue weighted by Crippen LogP contribution is 2.67. The van der Waals surface area contributed by atoms with E-state index in [1.807, 2.05) is 24.8 Å². The van der Waals surface area contributed by atoms with Gasteiger partial charge in [0.15, 0.2) is 0 Å². The van der Waals surface area contributed by atoms with Gasteiger partial charge in [-0.3, -0.25) is 0 Å². The molecule has 0 radical (unpaired) electrons. The van der Waals surface area contributed by atoms with Crippen LogP contribution in [0.1, 0.15) is 26.7 Å². The van der Waals surface area contributed by atoms with Crippen molar-refractivity contribution in [3.63, 3.8) is 0 Å². The van der Waals surface area contributed by atoms with Crippen molar-refractivity contribution in [1.29, 1.82) is 0 Å². The Kier molecular flexibility index (Phi) is 3.71. The zero-order valence-corrected chi connectivity index (χ0v) is 17.5. The molecule has 2 aliphatic heterocycles. The van der Waals surface area contributed by atoms with Gasteiger partial charge in [0.05, 0.1) is 0 Å². The number of hydrogen-bond acceptors (Lipinski definition) is 0. The molecule has 2 nitrogen and oxygen atoms in total. The minimum atomic E-state index is 0.0206. The Labute approximate surface area is 179 Å². The highest BCUT2D eigenvalue weighted by molar-refractivity contribution is 5.65. The lowest BCUT2D eigenvalue weighted by molar-refractivity contribution is 0.208. The van der Waals surface area contributed by atoms with Gasteiger partial charge in [-0.1, -0.05) is 85.8 Å². The van der Waals surface area contributed by atoms with Crippen LogP contribution in [-0.4, -0.2) is 0 Å². The van der Waals surface area contributed by atoms with Crippen LogP contribution in [-0.2, 0) is 0 Å². The van der Waals surface area contributed by atoms with Crippen molar-refractivity contribution in [3.05, 3.63) is 130 Å². The molecule has 0 amide bonds. The molecule has 4 aliphatic carbocycles. The van der Waals surface area contributed by atoms with Gasteiger partial charge in [-0.05, 0) is 35.1 Å². The SMILES string of the molecule is C[C@@]12C3=CC=C4C=C(C5C=C[N-]C=C5)C=C(CCC1=CC(C1C=C[N-]C=C1)=C3)[C@@]42C. The molecule has 0 saturated heterocycles. The summed E-state index contributed by atoms with van der Waals surface area (Å²) in [6.45, 7) is 4.94. The van der Waals surface area contributed by atoms with E-state index >= 15 is 0 Å². The van der Waals surface area contributed by atoms with Gasteiger partial charge in [0, 0.05) is 22.7 Å². The fourth-order valence-electron chi connectivity index (χ4n) is 6.16. The molecule has 30 heavy (non-hydrogen) atoms. The van der Waals surface area contributed by atoms with Gasteiger partial charge in [-0.2, -0.15) is 24.8 Å². The topological polar surface area (TPSA) is 28.2 Å². The van der Waals surface area contributed by atoms with Crippen LogP contribution < -0.4 is 0 Å². The third kappa shape index (κ3) is 2.25. The minimum absolute atomic E-state index is 0.0206. The van der Waals surface area contributed by atoms with E-state index in [9.17, 15) is 0 Å². The quantitative estimate of drug-likeness (QED) is 0.468. The standard InChI is InChI=1S/C28H26N2/c1-27-23-3-5-25-17-22(20-9-13-30-14-10-20)18-26(28(25,27)2)6-4-24(27)16-21(15-23)19-7-11-29-12-8-19/h3,5,7-20H,4,6H2,1-2H3/q-2/t27-,28-/m1/s1. The maximum Gasteiger partial charge on any atom is 0.0268 e. The van der Waals surface area contributed by atoms with Gasteiger partial charge < -0.3 is 10.6 Å². The number of hydrogen-bond donors (Lipinski definition) is 0. The summed E-state index contributed by atoms with van der Waals surface area (Å²) < 4.78 is 0. The second kappa shape index (κ2) is 6.25. The predicted octanol–water partition coefficient (Wildman–Crippen LogP) is 7.45. The number of nitrogens with zero attached hydrogens (tertiary/aromatic N) is 2. The first-order valence-corrected chi connectivity index (χ1v) is 11.0. The van der Waals surface area contributed by atoms with Crippen molar-refractivity contribution in [1.82, 2.24) is 0 Å². The predicted molar refractivity (Wildman–Crippen MR) is 124 cm³/mol. The van der Waals surface area contributed by atoms with E-state index in [1.54, 1.807) is 11.1 Å². The summed E-state index contributed by atoms with van der Waals surface area (Å²) in [7, 11) is 0. The van der Waals surface area contributed by atoms with Gasteiger partial charge in [0.25, 0.3) is 0 Å². The lowest BCUT2D eigenvalue weighted by atomic mass is 9.44. The summed E-state index contributed by atoms with van der Waals surface area (Å²) in [5.41, 5.74) is 8.87. The van der Waals surface area contributed by atoms with Gasteiger partial charge >= 0.3 is 0 Å². The Morgan fingerprint density at radius 1 is 0.633 bits per heavy atom. The second-order valence-electron chi connectivity index (χ2n) is 9.34. The molecule has 0 N–H and O–H groups in total. The Morgan fingerprint density at radius 3 is 1.43 bits per heavy atom. The summed E-state index contributed by atoms with van der Waals surface area (Å²) in [4.78, 5) is 0. The second-order valence-corrected chi connectivity index (χ2v) is 9.34. The lowest BCUT2D eigenvalue weighted by Crippen LogP contribution is -2.49. The van der Waals surface area contributed by atoms with E-state index in [1.165, 1.54) is 22.3 Å². The molecule has 2 heteroatoms. The molecule has 0 spiro atoms. The average Bonchev–Trinajstić information content (AvgIpc) is 2.79. The molecular weight excluding hydrogens is 364 g/mol. The molecule has 2 heterocycles. The first kappa shape index (κ1) is 17.8. The number of allylic oxidation sites excluding steroid dienone is 16. The largest absolute Gasteiger partial charge is 0.671 e. The van der Waals surface area contributed by atoms with Crippen LogP contribution in [0.2, 0.25) is 0 Å². The Morgan fingerprint density at radius 2 is 1.03 bits per heavy atom. The molecule has 2 atom stereocenters. The average molecular weight is 391 g/mol. The summed E-state index contributed by atoms with van der Waals surface area (Å²) >= 11 is 0. The molecular formula is C28H26N2-2. The normalized spacial score (nSPS) is 33.9. The van der Waals surface area contributed by atoms with E-state index in [0.717, 1.165) is 12.8 Å². The third-order valence-corrected chi connectivity index (χ3v) is 8.16. The summed E-state index contributed by atoms with van der Waals surface area (Å²) in [6.07, 6.45) is 33.3. The van der Waals surface area contributed by atoms with Crippen molar-refractivity contribution in [2.45, 2.75) is 26.7 Å². The molecule has 150 valence electrons. The van der Waals surface area contributed by atoms with Gasteiger partial charge in [0.2, 0.25) is 0 Å². The van der Waals surface area contributed by atoms with Crippen LogP contribution in [0, 0.1) is 22.7 Å². The van der Waals surface area contributed by atoms with Crippen LogP contribution in [0.3, 0.4) is 0 Å². The molecule has 6 aliphatic rings. The van der Waals surface area contributed by atoms with Gasteiger partial charge in [0.1, 0.15) is 0 Å². The van der Waals surface area contributed by atoms with Crippen LogP contribution in [0.5, 0.6) is 0 Å². The monoisotopic (exact) mass is 390 g/mol. The van der Waals surface area contributed by atoms with E-state index < -0.39 is 0 Å². The van der Waals surface area contributed by atoms with Crippen LogP contribution in [0.4, 0.5) is 0 Å². The van der Waals surface area contributed by atoms with E-state index in [-0.39, 0.29) is 10.8 Å². The summed E-state index contributed by atoms with van der Waals surface area (Å²) in [6, 6.07) is 0. The van der Waals surface area contributed by atoms with Crippen molar-refractivity contribution < 1.29 is 0 Å². The van der Waals surface area contributed by atoms with Crippen molar-refractivity contribution in [3.8, 4) is 0 Å². The Bertz CT molecular complexity index is 1010. The molecule has 1 fully saturated rings. The maximum absolute atomic E-state index is 4.21. The summed E-state index contributed by atoms with van der Waals surface area (Å²) in [5.74, 6) is 0.646. The molecule has 0 aromatic heterocycles. The molecule has 0 bridgehead atoms. The molecule has 0 aromatic rings. The molecule has 0 unspecified atom stereocenters. The van der Waals surface area contributed by atoms with Crippen molar-refractivity contribution in [2.24, 2.45) is 22.7 Å². The molecule has 0 aromatic carbocycles. The van der Waals surface area contributed by atoms with Crippen molar-refractivity contribution in [2.75, 3.05) is 0 Å². The van der Waals surface area contributed by atoms with E-state index in [2.05, 4.69) is 85.2 Å². The first-order valence-electron chi connectivity index (χ1n) is 11.0. The summed E-state index contributed by atoms with van der Waals surface area (Å²) in [5, 5.41) is 8.42. The van der Waals surface area contributed by atoms with Crippen molar-refractivity contribution >= 4 is 0 Å². The minimum Gasteiger partial charge on any atom is -0.671 e. The maximum atomic E-state index is 4.21. The molecule has 1 saturated carbocycles.